The van der Waals surface area contributed by atoms with Crippen LogP contribution in [0.3, 0.4) is 0 Å². The summed E-state index contributed by atoms with van der Waals surface area (Å²) in [6, 6.07) is 8.13. The van der Waals surface area contributed by atoms with Crippen LogP contribution in [0.2, 0.25) is 0 Å². The van der Waals surface area contributed by atoms with Gasteiger partial charge in [-0.15, -0.1) is 11.3 Å². The molecule has 0 saturated heterocycles. The number of thiazole rings is 1. The van der Waals surface area contributed by atoms with E-state index in [0.29, 0.717) is 6.61 Å². The summed E-state index contributed by atoms with van der Waals surface area (Å²) in [6.45, 7) is 8.83. The Hall–Kier alpha value is -1.39. The van der Waals surface area contributed by atoms with Crippen LogP contribution in [-0.2, 0) is 13.0 Å². The van der Waals surface area contributed by atoms with Gasteiger partial charge in [-0.05, 0) is 32.0 Å². The Labute approximate surface area is 125 Å². The lowest BCUT2D eigenvalue weighted by Crippen LogP contribution is -2.11. The zero-order valence-corrected chi connectivity index (χ0v) is 13.2. The van der Waals surface area contributed by atoms with E-state index in [-0.39, 0.29) is 0 Å². The van der Waals surface area contributed by atoms with Gasteiger partial charge in [-0.2, -0.15) is 0 Å². The molecule has 3 nitrogen and oxygen atoms in total. The third-order valence-electron chi connectivity index (χ3n) is 3.07. The van der Waals surface area contributed by atoms with Gasteiger partial charge >= 0.3 is 0 Å². The van der Waals surface area contributed by atoms with Crippen LogP contribution in [0.4, 0.5) is 0 Å². The van der Waals surface area contributed by atoms with E-state index in [9.17, 15) is 0 Å². The Bertz CT molecular complexity index is 551. The minimum atomic E-state index is 0.674. The zero-order valence-electron chi connectivity index (χ0n) is 12.4. The van der Waals surface area contributed by atoms with Crippen LogP contribution in [0.15, 0.2) is 24.3 Å². The molecule has 20 heavy (non-hydrogen) atoms. The van der Waals surface area contributed by atoms with Crippen LogP contribution in [0.1, 0.15) is 31.3 Å². The van der Waals surface area contributed by atoms with Gasteiger partial charge in [0.15, 0.2) is 0 Å². The maximum atomic E-state index is 5.71. The first-order chi connectivity index (χ1) is 9.80. The minimum absolute atomic E-state index is 0.674. The molecule has 0 bridgehead atoms. The molecule has 108 valence electrons. The Balaban J connectivity index is 2.35. The maximum Gasteiger partial charge on any atom is 0.129 e. The number of ether oxygens (including phenoxy) is 1. The summed E-state index contributed by atoms with van der Waals surface area (Å²) < 4.78 is 5.71. The van der Waals surface area contributed by atoms with Crippen LogP contribution < -0.4 is 10.1 Å². The maximum absolute atomic E-state index is 5.71. The molecule has 1 aromatic carbocycles. The lowest BCUT2D eigenvalue weighted by atomic mass is 10.2. The van der Waals surface area contributed by atoms with Crippen LogP contribution in [0.5, 0.6) is 5.75 Å². The molecule has 0 atom stereocenters. The average Bonchev–Trinajstić information content (AvgIpc) is 2.89. The molecule has 1 N–H and O–H groups in total. The van der Waals surface area contributed by atoms with Gasteiger partial charge in [0.2, 0.25) is 0 Å². The highest BCUT2D eigenvalue weighted by atomic mass is 32.1. The third-order valence-corrected chi connectivity index (χ3v) is 4.20. The summed E-state index contributed by atoms with van der Waals surface area (Å²) >= 11 is 1.76. The summed E-state index contributed by atoms with van der Waals surface area (Å²) in [5, 5.41) is 4.44. The molecular weight excluding hydrogens is 268 g/mol. The highest BCUT2D eigenvalue weighted by Gasteiger charge is 2.14. The number of hydrogen-bond acceptors (Lipinski definition) is 4. The zero-order chi connectivity index (χ0) is 14.4. The van der Waals surface area contributed by atoms with Crippen molar-refractivity contribution in [2.75, 3.05) is 13.2 Å². The van der Waals surface area contributed by atoms with Gasteiger partial charge in [-0.3, -0.25) is 0 Å². The number of benzene rings is 1. The highest BCUT2D eigenvalue weighted by molar-refractivity contribution is 7.15. The first-order valence-corrected chi connectivity index (χ1v) is 8.03. The molecule has 0 fully saturated rings. The molecule has 0 unspecified atom stereocenters. The van der Waals surface area contributed by atoms with Crippen molar-refractivity contribution in [2.24, 2.45) is 0 Å². The van der Waals surface area contributed by atoms with Crippen LogP contribution in [0, 0.1) is 0 Å². The number of rotatable bonds is 7. The molecule has 0 amide bonds. The largest absolute Gasteiger partial charge is 0.493 e. The fourth-order valence-corrected chi connectivity index (χ4v) is 3.23. The van der Waals surface area contributed by atoms with E-state index in [1.165, 1.54) is 10.6 Å². The van der Waals surface area contributed by atoms with Crippen molar-refractivity contribution in [1.82, 2.24) is 10.3 Å². The minimum Gasteiger partial charge on any atom is -0.493 e. The number of nitrogens with one attached hydrogen (secondary N) is 1. The van der Waals surface area contributed by atoms with Crippen molar-refractivity contribution >= 4 is 11.3 Å². The van der Waals surface area contributed by atoms with E-state index in [4.69, 9.17) is 9.72 Å². The molecule has 1 heterocycles. The van der Waals surface area contributed by atoms with Crippen LogP contribution in [0.25, 0.3) is 10.6 Å². The number of para-hydroxylation sites is 1. The summed E-state index contributed by atoms with van der Waals surface area (Å²) in [7, 11) is 0. The van der Waals surface area contributed by atoms with Crippen molar-refractivity contribution in [3.8, 4) is 16.3 Å². The fourth-order valence-electron chi connectivity index (χ4n) is 2.08. The number of hydrogen-bond donors (Lipinski definition) is 1. The summed E-state index contributed by atoms with van der Waals surface area (Å²) in [5.41, 5.74) is 2.29. The Morgan fingerprint density at radius 3 is 2.70 bits per heavy atom. The third kappa shape index (κ3) is 3.38. The predicted molar refractivity (Wildman–Crippen MR) is 85.5 cm³/mol. The van der Waals surface area contributed by atoms with Crippen LogP contribution in [-0.4, -0.2) is 18.1 Å². The number of aryl methyl sites for hydroxylation is 1. The lowest BCUT2D eigenvalue weighted by molar-refractivity contribution is 0.341. The molecule has 0 aliphatic rings. The second kappa shape index (κ2) is 7.41. The van der Waals surface area contributed by atoms with Gasteiger partial charge in [0.25, 0.3) is 0 Å². The molecular formula is C16H22N2OS. The van der Waals surface area contributed by atoms with E-state index in [2.05, 4.69) is 25.2 Å². The number of aromatic nitrogens is 1. The molecule has 1 aromatic heterocycles. The monoisotopic (exact) mass is 290 g/mol. The first-order valence-electron chi connectivity index (χ1n) is 7.21. The quantitative estimate of drug-likeness (QED) is 0.840. The Kier molecular flexibility index (Phi) is 5.56. The smallest absolute Gasteiger partial charge is 0.129 e. The van der Waals surface area contributed by atoms with E-state index in [0.717, 1.165) is 35.8 Å². The van der Waals surface area contributed by atoms with E-state index in [1.54, 1.807) is 11.3 Å². The van der Waals surface area contributed by atoms with Crippen molar-refractivity contribution in [2.45, 2.75) is 33.7 Å². The molecule has 2 rings (SSSR count). The number of nitrogens with zero attached hydrogens (tertiary/aromatic N) is 1. The van der Waals surface area contributed by atoms with Crippen molar-refractivity contribution in [3.63, 3.8) is 0 Å². The molecule has 4 heteroatoms. The van der Waals surface area contributed by atoms with Gasteiger partial charge in [-0.1, -0.05) is 26.0 Å². The molecule has 0 spiro atoms. The lowest BCUT2D eigenvalue weighted by Gasteiger charge is -2.07. The Morgan fingerprint density at radius 1 is 1.20 bits per heavy atom. The average molecular weight is 290 g/mol. The van der Waals surface area contributed by atoms with E-state index >= 15 is 0 Å². The van der Waals surface area contributed by atoms with Gasteiger partial charge < -0.3 is 10.1 Å². The van der Waals surface area contributed by atoms with Crippen molar-refractivity contribution < 1.29 is 4.74 Å². The SMILES string of the molecule is CCNCc1sc(-c2ccccc2OCC)nc1CC. The molecule has 0 aliphatic carbocycles. The van der Waals surface area contributed by atoms with Crippen LogP contribution >= 0.6 is 11.3 Å². The van der Waals surface area contributed by atoms with Gasteiger partial charge in [0.1, 0.15) is 10.8 Å². The Morgan fingerprint density at radius 2 is 2.00 bits per heavy atom. The van der Waals surface area contributed by atoms with Crippen molar-refractivity contribution in [3.05, 3.63) is 34.8 Å². The second-order valence-corrected chi connectivity index (χ2v) is 5.54. The highest BCUT2D eigenvalue weighted by Crippen LogP contribution is 2.34. The fraction of sp³-hybridized carbons (Fsp3) is 0.438. The topological polar surface area (TPSA) is 34.1 Å². The molecule has 2 aromatic rings. The van der Waals surface area contributed by atoms with E-state index < -0.39 is 0 Å². The van der Waals surface area contributed by atoms with Crippen molar-refractivity contribution in [1.29, 1.82) is 0 Å². The van der Waals surface area contributed by atoms with E-state index in [1.807, 2.05) is 25.1 Å². The molecule has 0 saturated carbocycles. The molecule has 0 radical (unpaired) electrons. The standard InChI is InChI=1S/C16H22N2OS/c1-4-13-15(11-17-5-2)20-16(18-13)12-9-7-8-10-14(12)19-6-3/h7-10,17H,4-6,11H2,1-3H3. The first kappa shape index (κ1) is 15.0. The second-order valence-electron chi connectivity index (χ2n) is 4.45. The summed E-state index contributed by atoms with van der Waals surface area (Å²) in [4.78, 5) is 6.12. The van der Waals surface area contributed by atoms with Gasteiger partial charge in [-0.25, -0.2) is 4.98 Å². The van der Waals surface area contributed by atoms with Gasteiger partial charge in [0, 0.05) is 11.4 Å². The predicted octanol–water partition coefficient (Wildman–Crippen LogP) is 3.88. The normalized spacial score (nSPS) is 10.8. The summed E-state index contributed by atoms with van der Waals surface area (Å²) in [6.07, 6.45) is 0.966. The van der Waals surface area contributed by atoms with Gasteiger partial charge in [0.05, 0.1) is 17.9 Å². The summed E-state index contributed by atoms with van der Waals surface area (Å²) in [5.74, 6) is 0.918. The molecule has 0 aliphatic heterocycles.